The van der Waals surface area contributed by atoms with Crippen LogP contribution < -0.4 is 20.1 Å². The normalized spacial score (nSPS) is 16.4. The largest absolute Gasteiger partial charge is 0.497 e. The van der Waals surface area contributed by atoms with Gasteiger partial charge < -0.3 is 14.5 Å². The molecule has 3 aromatic rings. The Balaban J connectivity index is 1.50. The predicted molar refractivity (Wildman–Crippen MR) is 168 cm³/mol. The molecule has 42 heavy (non-hydrogen) atoms. The van der Waals surface area contributed by atoms with Gasteiger partial charge in [-0.3, -0.25) is 19.1 Å². The second-order valence-electron chi connectivity index (χ2n) is 9.94. The zero-order valence-corrected chi connectivity index (χ0v) is 25.2. The van der Waals surface area contributed by atoms with E-state index in [-0.39, 0.29) is 22.8 Å². The van der Waals surface area contributed by atoms with Gasteiger partial charge in [-0.25, -0.2) is 4.39 Å². The van der Waals surface area contributed by atoms with Gasteiger partial charge in [0.1, 0.15) is 33.3 Å². The second-order valence-corrected chi connectivity index (χ2v) is 11.6. The van der Waals surface area contributed by atoms with Crippen molar-refractivity contribution < 1.29 is 13.9 Å². The molecule has 0 bridgehead atoms. The molecule has 1 amide bonds. The van der Waals surface area contributed by atoms with Crippen LogP contribution in [0.15, 0.2) is 58.2 Å². The van der Waals surface area contributed by atoms with Gasteiger partial charge in [0.05, 0.1) is 24.2 Å². The lowest BCUT2D eigenvalue weighted by Gasteiger charge is -2.39. The fourth-order valence-electron chi connectivity index (χ4n) is 5.33. The van der Waals surface area contributed by atoms with E-state index in [1.165, 1.54) is 17.8 Å². The summed E-state index contributed by atoms with van der Waals surface area (Å²) in [5, 5.41) is 9.88. The van der Waals surface area contributed by atoms with E-state index in [2.05, 4.69) is 11.0 Å². The molecule has 3 heterocycles. The van der Waals surface area contributed by atoms with E-state index >= 15 is 0 Å². The summed E-state index contributed by atoms with van der Waals surface area (Å²) in [6.45, 7) is 6.39. The van der Waals surface area contributed by atoms with Crippen LogP contribution >= 0.6 is 24.0 Å². The van der Waals surface area contributed by atoms with Crippen LogP contribution in [0.25, 0.3) is 6.08 Å². The number of ether oxygens (including phenoxy) is 1. The molecule has 2 aliphatic rings. The number of aromatic nitrogens is 1. The number of carbonyl (C=O) groups excluding carboxylic acids is 1. The molecule has 2 aliphatic heterocycles. The Kier molecular flexibility index (Phi) is 8.66. The number of amides is 1. The van der Waals surface area contributed by atoms with Crippen LogP contribution in [0.5, 0.6) is 5.75 Å². The molecule has 2 fully saturated rings. The standard InChI is InChI=1S/C31H30FN5O3S2/c1-4-36-28(35-15-13-34(14-16-35)26-8-6-5-7-25(26)32)23(20(2)24(18-33)29(36)38)17-27-30(39)37(31(41)42-27)19-21-9-11-22(40-3)12-10-21/h5-12,17H,4,13-16,19H2,1-3H3. The number of carbonyl (C=O) groups is 1. The number of thioether (sulfide) groups is 1. The van der Waals surface area contributed by atoms with Gasteiger partial charge in [-0.15, -0.1) is 0 Å². The fourth-order valence-corrected chi connectivity index (χ4v) is 6.56. The Bertz CT molecular complexity index is 1670. The third-order valence-electron chi connectivity index (χ3n) is 7.58. The van der Waals surface area contributed by atoms with Crippen molar-refractivity contribution in [2.24, 2.45) is 0 Å². The van der Waals surface area contributed by atoms with Crippen LogP contribution in [0.1, 0.15) is 29.2 Å². The first-order valence-electron chi connectivity index (χ1n) is 13.6. The first-order chi connectivity index (χ1) is 20.3. The maximum absolute atomic E-state index is 14.5. The third-order valence-corrected chi connectivity index (χ3v) is 8.96. The highest BCUT2D eigenvalue weighted by Crippen LogP contribution is 2.37. The minimum Gasteiger partial charge on any atom is -0.497 e. The van der Waals surface area contributed by atoms with Crippen molar-refractivity contribution in [2.75, 3.05) is 43.1 Å². The molecule has 216 valence electrons. The van der Waals surface area contributed by atoms with Gasteiger partial charge in [0.2, 0.25) is 0 Å². The summed E-state index contributed by atoms with van der Waals surface area (Å²) in [7, 11) is 1.60. The lowest BCUT2D eigenvalue weighted by molar-refractivity contribution is -0.122. The number of pyridine rings is 1. The predicted octanol–water partition coefficient (Wildman–Crippen LogP) is 4.92. The highest BCUT2D eigenvalue weighted by molar-refractivity contribution is 8.26. The van der Waals surface area contributed by atoms with Crippen molar-refractivity contribution in [1.82, 2.24) is 9.47 Å². The number of benzene rings is 2. The van der Waals surface area contributed by atoms with Gasteiger partial charge in [-0.05, 0) is 55.3 Å². The summed E-state index contributed by atoms with van der Waals surface area (Å²) in [6, 6.07) is 16.2. The highest BCUT2D eigenvalue weighted by Gasteiger charge is 2.34. The summed E-state index contributed by atoms with van der Waals surface area (Å²) in [4.78, 5) is 33.0. The van der Waals surface area contributed by atoms with Crippen LogP contribution in [0, 0.1) is 24.1 Å². The number of anilines is 2. The van der Waals surface area contributed by atoms with Gasteiger partial charge in [-0.2, -0.15) is 5.26 Å². The first-order valence-corrected chi connectivity index (χ1v) is 14.8. The van der Waals surface area contributed by atoms with E-state index in [9.17, 15) is 19.2 Å². The number of thiocarbonyl (C=S) groups is 1. The molecule has 1 aromatic heterocycles. The minimum absolute atomic E-state index is 0.0468. The number of nitrogens with zero attached hydrogens (tertiary/aromatic N) is 5. The molecule has 11 heteroatoms. The Morgan fingerprint density at radius 2 is 1.74 bits per heavy atom. The number of rotatable bonds is 7. The zero-order chi connectivity index (χ0) is 30.0. The average Bonchev–Trinajstić information content (AvgIpc) is 3.26. The van der Waals surface area contributed by atoms with E-state index in [0.717, 1.165) is 11.3 Å². The SMILES string of the molecule is CCn1c(N2CCN(c3ccccc3F)CC2)c(C=C2SC(=S)N(Cc3ccc(OC)cc3)C2=O)c(C)c(C#N)c1=O. The smallest absolute Gasteiger partial charge is 0.270 e. The van der Waals surface area contributed by atoms with Gasteiger partial charge in [-0.1, -0.05) is 48.2 Å². The first kappa shape index (κ1) is 29.4. The monoisotopic (exact) mass is 603 g/mol. The molecule has 2 saturated heterocycles. The maximum Gasteiger partial charge on any atom is 0.270 e. The van der Waals surface area contributed by atoms with Crippen molar-refractivity contribution >= 4 is 51.8 Å². The molecule has 0 radical (unpaired) electrons. The summed E-state index contributed by atoms with van der Waals surface area (Å²) >= 11 is 6.79. The second kappa shape index (κ2) is 12.4. The Morgan fingerprint density at radius 3 is 2.36 bits per heavy atom. The lowest BCUT2D eigenvalue weighted by Crippen LogP contribution is -2.49. The van der Waals surface area contributed by atoms with Crippen LogP contribution in [0.3, 0.4) is 0 Å². The number of hydrogen-bond acceptors (Lipinski definition) is 8. The molecule has 5 rings (SSSR count). The summed E-state index contributed by atoms with van der Waals surface area (Å²) in [6.07, 6.45) is 1.76. The maximum atomic E-state index is 14.5. The quantitative estimate of drug-likeness (QED) is 0.278. The molecular formula is C31H30FN5O3S2. The number of nitriles is 1. The fraction of sp³-hybridized carbons (Fsp3) is 0.290. The summed E-state index contributed by atoms with van der Waals surface area (Å²) in [5.41, 5.74) is 2.28. The van der Waals surface area contributed by atoms with Crippen LogP contribution in [0.4, 0.5) is 15.9 Å². The van der Waals surface area contributed by atoms with Crippen molar-refractivity contribution in [3.63, 3.8) is 0 Å². The van der Waals surface area contributed by atoms with Crippen molar-refractivity contribution in [3.8, 4) is 11.8 Å². The molecule has 0 saturated carbocycles. The van der Waals surface area contributed by atoms with Gasteiger partial charge in [0.25, 0.3) is 11.5 Å². The van der Waals surface area contributed by atoms with Crippen LogP contribution in [0.2, 0.25) is 0 Å². The van der Waals surface area contributed by atoms with E-state index < -0.39 is 0 Å². The number of para-hydroxylation sites is 1. The molecular weight excluding hydrogens is 574 g/mol. The van der Waals surface area contributed by atoms with Crippen molar-refractivity contribution in [1.29, 1.82) is 5.26 Å². The Hall–Kier alpha value is -4.14. The zero-order valence-electron chi connectivity index (χ0n) is 23.6. The molecule has 0 aliphatic carbocycles. The van der Waals surface area contributed by atoms with Crippen LogP contribution in [-0.4, -0.2) is 53.0 Å². The van der Waals surface area contributed by atoms with Crippen molar-refractivity contribution in [2.45, 2.75) is 26.9 Å². The Labute approximate surface area is 253 Å². The lowest BCUT2D eigenvalue weighted by atomic mass is 10.0. The van der Waals surface area contributed by atoms with Crippen LogP contribution in [-0.2, 0) is 17.9 Å². The van der Waals surface area contributed by atoms with E-state index in [1.54, 1.807) is 41.7 Å². The highest BCUT2D eigenvalue weighted by atomic mass is 32.2. The summed E-state index contributed by atoms with van der Waals surface area (Å²) < 4.78 is 21.7. The molecule has 0 spiro atoms. The molecule has 0 atom stereocenters. The van der Waals surface area contributed by atoms with Gasteiger partial charge in [0.15, 0.2) is 0 Å². The Morgan fingerprint density at radius 1 is 1.07 bits per heavy atom. The number of hydrogen-bond donors (Lipinski definition) is 0. The number of halogens is 1. The number of piperazine rings is 1. The molecule has 0 N–H and O–H groups in total. The van der Waals surface area contributed by atoms with E-state index in [0.29, 0.717) is 71.1 Å². The average molecular weight is 604 g/mol. The molecule has 0 unspecified atom stereocenters. The molecule has 8 nitrogen and oxygen atoms in total. The van der Waals surface area contributed by atoms with E-state index in [4.69, 9.17) is 17.0 Å². The van der Waals surface area contributed by atoms with E-state index in [1.807, 2.05) is 42.2 Å². The molecule has 2 aromatic carbocycles. The topological polar surface area (TPSA) is 81.8 Å². The van der Waals surface area contributed by atoms with Gasteiger partial charge in [0, 0.05) is 38.3 Å². The minimum atomic E-state index is -0.367. The summed E-state index contributed by atoms with van der Waals surface area (Å²) in [5.74, 6) is 0.861. The van der Waals surface area contributed by atoms with Gasteiger partial charge >= 0.3 is 0 Å². The third kappa shape index (κ3) is 5.52. The van der Waals surface area contributed by atoms with Crippen molar-refractivity contribution in [3.05, 3.63) is 91.9 Å². The number of methoxy groups -OCH3 is 1.